The average Bonchev–Trinajstić information content (AvgIpc) is 3.23. The van der Waals surface area contributed by atoms with Gasteiger partial charge in [-0.15, -0.1) is 4.72 Å². The molecule has 3 aromatic heterocycles. The first kappa shape index (κ1) is 23.9. The molecule has 7 nitrogen and oxygen atoms in total. The maximum Gasteiger partial charge on any atom is 0.154 e. The van der Waals surface area contributed by atoms with Crippen LogP contribution >= 0.6 is 0 Å². The van der Waals surface area contributed by atoms with Crippen LogP contribution in [0.15, 0.2) is 60.8 Å². The zero-order valence-electron chi connectivity index (χ0n) is 20.5. The minimum absolute atomic E-state index is 0.190. The lowest BCUT2D eigenvalue weighted by molar-refractivity contribution is 0.0273. The Morgan fingerprint density at radius 1 is 1.09 bits per heavy atom. The first-order valence-electron chi connectivity index (χ1n) is 11.9. The molecule has 35 heavy (non-hydrogen) atoms. The van der Waals surface area contributed by atoms with E-state index >= 15 is 0 Å². The van der Waals surface area contributed by atoms with Crippen LogP contribution in [0.5, 0.6) is 0 Å². The van der Waals surface area contributed by atoms with Gasteiger partial charge in [0.05, 0.1) is 35.2 Å². The quantitative estimate of drug-likeness (QED) is 0.383. The predicted molar refractivity (Wildman–Crippen MR) is 139 cm³/mol. The molecular formula is C27H31N5O2S. The molecule has 1 aliphatic rings. The van der Waals surface area contributed by atoms with E-state index in [1.54, 1.807) is 0 Å². The molecule has 2 N–H and O–H groups in total. The van der Waals surface area contributed by atoms with Gasteiger partial charge in [0.25, 0.3) is 0 Å². The summed E-state index contributed by atoms with van der Waals surface area (Å²) in [6.07, 6.45) is 2.91. The second-order valence-corrected chi connectivity index (χ2v) is 12.3. The fourth-order valence-electron chi connectivity index (χ4n) is 4.38. The van der Waals surface area contributed by atoms with Crippen molar-refractivity contribution >= 4 is 22.3 Å². The van der Waals surface area contributed by atoms with Crippen molar-refractivity contribution in [2.45, 2.75) is 57.4 Å². The molecule has 8 heteroatoms. The van der Waals surface area contributed by atoms with E-state index in [1.165, 1.54) is 0 Å². The number of rotatable bonds is 6. The van der Waals surface area contributed by atoms with Gasteiger partial charge >= 0.3 is 0 Å². The topological polar surface area (TPSA) is 98.9 Å². The summed E-state index contributed by atoms with van der Waals surface area (Å²) in [6.45, 7) is 7.82. The van der Waals surface area contributed by atoms with Crippen molar-refractivity contribution in [3.63, 3.8) is 0 Å². The standard InChI is InChI=1S/C27H31N5O2S/c1-17-7-5-10-25(29-17)32-24-15-18(11-12-19(24)16-28-32)22-8-6-9-23(30-22)26(20-13-21(33)14-20)31-35(34)27(2,3)4/h5-12,15-16,20-21,26,31,33H,13-14H2,1-4H3/t20?,21?,26-,35?/m0/s1. The number of benzene rings is 1. The van der Waals surface area contributed by atoms with Gasteiger partial charge in [0.2, 0.25) is 0 Å². The van der Waals surface area contributed by atoms with Gasteiger partial charge in [0, 0.05) is 28.0 Å². The SMILES string of the molecule is Cc1cccc(-n2ncc3ccc(-c4cccc([C@@H](N[S+]([O-])C(C)(C)C)C5CC(O)C5)n4)cc32)n1. The van der Waals surface area contributed by atoms with Gasteiger partial charge in [0.15, 0.2) is 5.82 Å². The Bertz CT molecular complexity index is 1340. The van der Waals surface area contributed by atoms with Gasteiger partial charge in [0.1, 0.15) is 4.75 Å². The van der Waals surface area contributed by atoms with Crippen molar-refractivity contribution < 1.29 is 9.66 Å². The molecule has 0 aliphatic heterocycles. The Morgan fingerprint density at radius 2 is 1.86 bits per heavy atom. The van der Waals surface area contributed by atoms with Crippen LogP contribution in [-0.4, -0.2) is 40.3 Å². The van der Waals surface area contributed by atoms with Crippen LogP contribution in [-0.2, 0) is 11.4 Å². The fourth-order valence-corrected chi connectivity index (χ4v) is 5.28. The van der Waals surface area contributed by atoms with Crippen LogP contribution in [0.4, 0.5) is 0 Å². The summed E-state index contributed by atoms with van der Waals surface area (Å²) in [4.78, 5) is 9.61. The molecular weight excluding hydrogens is 458 g/mol. The van der Waals surface area contributed by atoms with Crippen molar-refractivity contribution in [1.29, 1.82) is 0 Å². The van der Waals surface area contributed by atoms with Crippen molar-refractivity contribution in [3.8, 4) is 17.1 Å². The molecule has 0 spiro atoms. The number of pyridine rings is 2. The maximum atomic E-state index is 12.9. The highest BCUT2D eigenvalue weighted by atomic mass is 32.2. The number of aryl methyl sites for hydroxylation is 1. The smallest absolute Gasteiger partial charge is 0.154 e. The van der Waals surface area contributed by atoms with Gasteiger partial charge in [-0.25, -0.2) is 9.67 Å². The molecule has 182 valence electrons. The summed E-state index contributed by atoms with van der Waals surface area (Å²) < 4.78 is 17.7. The summed E-state index contributed by atoms with van der Waals surface area (Å²) in [5, 5.41) is 15.5. The second-order valence-electron chi connectivity index (χ2n) is 10.3. The summed E-state index contributed by atoms with van der Waals surface area (Å²) >= 11 is -1.25. The van der Waals surface area contributed by atoms with Crippen molar-refractivity contribution in [2.75, 3.05) is 0 Å². The zero-order chi connectivity index (χ0) is 24.7. The molecule has 1 aromatic carbocycles. The normalized spacial score (nSPS) is 19.9. The Balaban J connectivity index is 1.50. The van der Waals surface area contributed by atoms with Gasteiger partial charge in [-0.2, -0.15) is 5.10 Å². The highest BCUT2D eigenvalue weighted by molar-refractivity contribution is 7.90. The van der Waals surface area contributed by atoms with Crippen LogP contribution in [0.2, 0.25) is 0 Å². The van der Waals surface area contributed by atoms with E-state index in [9.17, 15) is 9.66 Å². The van der Waals surface area contributed by atoms with E-state index in [0.29, 0.717) is 12.8 Å². The molecule has 0 amide bonds. The van der Waals surface area contributed by atoms with Crippen LogP contribution < -0.4 is 4.72 Å². The van der Waals surface area contributed by atoms with E-state index in [4.69, 9.17) is 4.98 Å². The Morgan fingerprint density at radius 3 is 2.57 bits per heavy atom. The molecule has 5 rings (SSSR count). The number of hydrogen-bond acceptors (Lipinski definition) is 6. The molecule has 0 saturated heterocycles. The van der Waals surface area contributed by atoms with Crippen molar-refractivity contribution in [1.82, 2.24) is 24.5 Å². The summed E-state index contributed by atoms with van der Waals surface area (Å²) in [5.41, 5.74) is 4.54. The number of hydrogen-bond donors (Lipinski definition) is 2. The lowest BCUT2D eigenvalue weighted by Gasteiger charge is -2.38. The molecule has 2 atom stereocenters. The largest absolute Gasteiger partial charge is 0.598 e. The molecule has 1 fully saturated rings. The van der Waals surface area contributed by atoms with Crippen LogP contribution in [0.1, 0.15) is 51.0 Å². The summed E-state index contributed by atoms with van der Waals surface area (Å²) in [7, 11) is 0. The minimum atomic E-state index is -1.25. The first-order chi connectivity index (χ1) is 16.7. The maximum absolute atomic E-state index is 12.9. The highest BCUT2D eigenvalue weighted by Crippen LogP contribution is 2.39. The van der Waals surface area contributed by atoms with Crippen LogP contribution in [0.3, 0.4) is 0 Å². The molecule has 3 heterocycles. The number of nitrogens with one attached hydrogen (secondary N) is 1. The van der Waals surface area contributed by atoms with Gasteiger partial charge < -0.3 is 9.66 Å². The highest BCUT2D eigenvalue weighted by Gasteiger charge is 2.40. The van der Waals surface area contributed by atoms with E-state index in [-0.39, 0.29) is 18.1 Å². The minimum Gasteiger partial charge on any atom is -0.598 e. The van der Waals surface area contributed by atoms with Crippen molar-refractivity contribution in [2.24, 2.45) is 5.92 Å². The van der Waals surface area contributed by atoms with E-state index in [0.717, 1.165) is 39.4 Å². The number of nitrogens with zero attached hydrogens (tertiary/aromatic N) is 4. The van der Waals surface area contributed by atoms with Crippen molar-refractivity contribution in [3.05, 3.63) is 72.2 Å². The Labute approximate surface area is 208 Å². The number of aliphatic hydroxyl groups is 1. The third kappa shape index (κ3) is 4.97. The average molecular weight is 490 g/mol. The second kappa shape index (κ2) is 9.35. The Kier molecular flexibility index (Phi) is 6.40. The third-order valence-corrected chi connectivity index (χ3v) is 8.04. The first-order valence-corrected chi connectivity index (χ1v) is 13.1. The van der Waals surface area contributed by atoms with Crippen LogP contribution in [0.25, 0.3) is 28.0 Å². The molecule has 0 radical (unpaired) electrons. The summed E-state index contributed by atoms with van der Waals surface area (Å²) in [6, 6.07) is 17.8. The van der Waals surface area contributed by atoms with Gasteiger partial charge in [-0.05, 0) is 76.8 Å². The lowest BCUT2D eigenvalue weighted by Crippen LogP contribution is -2.46. The Hall–Kier alpha value is -2.78. The monoisotopic (exact) mass is 489 g/mol. The lowest BCUT2D eigenvalue weighted by atomic mass is 9.76. The molecule has 1 unspecified atom stereocenters. The fraction of sp³-hybridized carbons (Fsp3) is 0.370. The van der Waals surface area contributed by atoms with Gasteiger partial charge in [-0.3, -0.25) is 4.98 Å². The van der Waals surface area contributed by atoms with E-state index in [1.807, 2.05) is 87.1 Å². The van der Waals surface area contributed by atoms with Gasteiger partial charge in [-0.1, -0.05) is 24.3 Å². The number of aliphatic hydroxyl groups excluding tert-OH is 1. The van der Waals surface area contributed by atoms with Crippen LogP contribution in [0, 0.1) is 12.8 Å². The van der Waals surface area contributed by atoms with E-state index in [2.05, 4.69) is 20.9 Å². The molecule has 4 aromatic rings. The zero-order valence-corrected chi connectivity index (χ0v) is 21.3. The number of fused-ring (bicyclic) bond motifs is 1. The number of aromatic nitrogens is 4. The molecule has 1 saturated carbocycles. The predicted octanol–water partition coefficient (Wildman–Crippen LogP) is 4.65. The third-order valence-electron chi connectivity index (χ3n) is 6.46. The molecule has 0 bridgehead atoms. The van der Waals surface area contributed by atoms with E-state index < -0.39 is 16.1 Å². The summed E-state index contributed by atoms with van der Waals surface area (Å²) in [5.74, 6) is 0.965. The molecule has 1 aliphatic carbocycles.